The fourth-order valence-electron chi connectivity index (χ4n) is 4.12. The highest BCUT2D eigenvalue weighted by atomic mass is 16.5. The fourth-order valence-corrected chi connectivity index (χ4v) is 4.12. The molecule has 38 heavy (non-hydrogen) atoms. The van der Waals surface area contributed by atoms with Crippen molar-refractivity contribution in [2.75, 3.05) is 18.1 Å². The highest BCUT2D eigenvalue weighted by Gasteiger charge is 2.47. The summed E-state index contributed by atoms with van der Waals surface area (Å²) in [5.74, 6) is -1.54. The third-order valence-electron chi connectivity index (χ3n) is 5.97. The smallest absolute Gasteiger partial charge is 0.338 e. The van der Waals surface area contributed by atoms with Crippen LogP contribution in [0.3, 0.4) is 0 Å². The predicted octanol–water partition coefficient (Wildman–Crippen LogP) is 5.31. The van der Waals surface area contributed by atoms with Crippen LogP contribution in [0.15, 0.2) is 78.6 Å². The molecule has 0 saturated carbocycles. The van der Waals surface area contributed by atoms with Crippen molar-refractivity contribution in [2.45, 2.75) is 33.2 Å². The standard InChI is InChI=1S/C30H30N2O6/c1-4-16-37-24-13-9-20(10-14-24)27(33)25-26(22-6-5-15-31-17-22)32(29(35)28(25)34)23-11-7-21(8-12-23)30(36)38-18-19(2)3/h5-15,17,19,26,33H,4,16,18H2,1-3H3/b27-25+. The maximum Gasteiger partial charge on any atom is 0.338 e. The summed E-state index contributed by atoms with van der Waals surface area (Å²) in [6.45, 7) is 6.75. The van der Waals surface area contributed by atoms with Crippen molar-refractivity contribution in [3.05, 3.63) is 95.3 Å². The number of nitrogens with zero attached hydrogens (tertiary/aromatic N) is 2. The van der Waals surface area contributed by atoms with Gasteiger partial charge in [-0.05, 0) is 72.5 Å². The second kappa shape index (κ2) is 11.7. The molecular formula is C30H30N2O6. The number of carbonyl (C=O) groups excluding carboxylic acids is 3. The van der Waals surface area contributed by atoms with E-state index in [1.165, 1.54) is 4.90 Å². The number of benzene rings is 2. The van der Waals surface area contributed by atoms with E-state index in [0.717, 1.165) is 6.42 Å². The van der Waals surface area contributed by atoms with Gasteiger partial charge in [-0.15, -0.1) is 0 Å². The lowest BCUT2D eigenvalue weighted by atomic mass is 9.96. The molecule has 4 rings (SSSR count). The number of aromatic nitrogens is 1. The number of esters is 1. The average molecular weight is 515 g/mol. The van der Waals surface area contributed by atoms with Gasteiger partial charge in [0.1, 0.15) is 11.5 Å². The van der Waals surface area contributed by atoms with Crippen molar-refractivity contribution < 1.29 is 29.0 Å². The van der Waals surface area contributed by atoms with Gasteiger partial charge in [0.05, 0.1) is 30.4 Å². The van der Waals surface area contributed by atoms with Gasteiger partial charge in [-0.3, -0.25) is 19.5 Å². The number of ketones is 1. The topological polar surface area (TPSA) is 106 Å². The number of aliphatic hydroxyl groups is 1. The van der Waals surface area contributed by atoms with Crippen molar-refractivity contribution in [3.8, 4) is 5.75 Å². The zero-order chi connectivity index (χ0) is 27.2. The fraction of sp³-hybridized carbons (Fsp3) is 0.267. The van der Waals surface area contributed by atoms with Gasteiger partial charge < -0.3 is 14.6 Å². The number of amides is 1. The molecule has 1 N–H and O–H groups in total. The first kappa shape index (κ1) is 26.6. The van der Waals surface area contributed by atoms with Crippen LogP contribution in [0.5, 0.6) is 5.75 Å². The van der Waals surface area contributed by atoms with Gasteiger partial charge in [0, 0.05) is 23.6 Å². The molecule has 0 aliphatic carbocycles. The Bertz CT molecular complexity index is 1330. The lowest BCUT2D eigenvalue weighted by Crippen LogP contribution is -2.29. The van der Waals surface area contributed by atoms with Crippen LogP contribution in [0.2, 0.25) is 0 Å². The van der Waals surface area contributed by atoms with E-state index in [4.69, 9.17) is 9.47 Å². The van der Waals surface area contributed by atoms with Gasteiger partial charge in [0.15, 0.2) is 0 Å². The lowest BCUT2D eigenvalue weighted by molar-refractivity contribution is -0.132. The number of hydrogen-bond donors (Lipinski definition) is 1. The molecule has 3 aromatic rings. The average Bonchev–Trinajstić information content (AvgIpc) is 3.21. The minimum Gasteiger partial charge on any atom is -0.507 e. The van der Waals surface area contributed by atoms with E-state index in [1.807, 2.05) is 20.8 Å². The first-order valence-electron chi connectivity index (χ1n) is 12.5. The summed E-state index contributed by atoms with van der Waals surface area (Å²) in [6, 6.07) is 15.5. The highest BCUT2D eigenvalue weighted by molar-refractivity contribution is 6.51. The molecule has 0 bridgehead atoms. The number of aliphatic hydroxyl groups excluding tert-OH is 1. The van der Waals surface area contributed by atoms with E-state index in [-0.39, 0.29) is 17.3 Å². The number of Topliss-reactive ketones (excluding diaryl/α,β-unsaturated/α-hetero) is 1. The first-order valence-corrected chi connectivity index (χ1v) is 12.5. The van der Waals surface area contributed by atoms with Crippen molar-refractivity contribution in [1.29, 1.82) is 0 Å². The van der Waals surface area contributed by atoms with Crippen LogP contribution in [0.4, 0.5) is 5.69 Å². The molecule has 2 aromatic carbocycles. The lowest BCUT2D eigenvalue weighted by Gasteiger charge is -2.25. The third-order valence-corrected chi connectivity index (χ3v) is 5.97. The number of ether oxygens (including phenoxy) is 2. The minimum atomic E-state index is -0.918. The molecule has 1 saturated heterocycles. The molecule has 1 atom stereocenters. The van der Waals surface area contributed by atoms with Crippen LogP contribution in [-0.4, -0.2) is 41.0 Å². The second-order valence-corrected chi connectivity index (χ2v) is 9.37. The molecule has 0 radical (unpaired) electrons. The molecule has 1 aliphatic heterocycles. The SMILES string of the molecule is CCCOc1ccc(/C(O)=C2\C(=O)C(=O)N(c3ccc(C(=O)OCC(C)C)cc3)C2c2cccnc2)cc1. The van der Waals surface area contributed by atoms with Gasteiger partial charge in [-0.1, -0.05) is 26.8 Å². The van der Waals surface area contributed by atoms with Crippen molar-refractivity contribution >= 4 is 29.1 Å². The third kappa shape index (κ3) is 5.59. The zero-order valence-corrected chi connectivity index (χ0v) is 21.6. The summed E-state index contributed by atoms with van der Waals surface area (Å²) in [4.78, 5) is 44.4. The maximum atomic E-state index is 13.3. The van der Waals surface area contributed by atoms with Gasteiger partial charge >= 0.3 is 5.97 Å². The minimum absolute atomic E-state index is 0.0503. The van der Waals surface area contributed by atoms with E-state index in [2.05, 4.69) is 4.98 Å². The van der Waals surface area contributed by atoms with Crippen molar-refractivity contribution in [3.63, 3.8) is 0 Å². The van der Waals surface area contributed by atoms with Gasteiger partial charge in [-0.2, -0.15) is 0 Å². The highest BCUT2D eigenvalue weighted by Crippen LogP contribution is 2.42. The van der Waals surface area contributed by atoms with Crippen LogP contribution in [-0.2, 0) is 14.3 Å². The van der Waals surface area contributed by atoms with E-state index in [0.29, 0.717) is 41.3 Å². The second-order valence-electron chi connectivity index (χ2n) is 9.37. The molecule has 196 valence electrons. The van der Waals surface area contributed by atoms with Gasteiger partial charge in [-0.25, -0.2) is 4.79 Å². The molecular weight excluding hydrogens is 484 g/mol. The Balaban J connectivity index is 1.73. The quantitative estimate of drug-likeness (QED) is 0.179. The molecule has 1 amide bonds. The summed E-state index contributed by atoms with van der Waals surface area (Å²) in [5.41, 5.74) is 1.60. The number of anilines is 1. The molecule has 1 aliphatic rings. The molecule has 1 fully saturated rings. The van der Waals surface area contributed by atoms with E-state index in [9.17, 15) is 19.5 Å². The number of rotatable bonds is 9. The Morgan fingerprint density at radius 3 is 2.32 bits per heavy atom. The molecule has 8 nitrogen and oxygen atoms in total. The maximum absolute atomic E-state index is 13.3. The Hall–Kier alpha value is -4.46. The Morgan fingerprint density at radius 1 is 1.03 bits per heavy atom. The van der Waals surface area contributed by atoms with E-state index < -0.39 is 23.7 Å². The Kier molecular flexibility index (Phi) is 8.21. The van der Waals surface area contributed by atoms with E-state index in [1.54, 1.807) is 73.1 Å². The monoisotopic (exact) mass is 514 g/mol. The zero-order valence-electron chi connectivity index (χ0n) is 21.6. The van der Waals surface area contributed by atoms with Crippen LogP contribution in [0, 0.1) is 5.92 Å². The largest absolute Gasteiger partial charge is 0.507 e. The summed E-state index contributed by atoms with van der Waals surface area (Å²) >= 11 is 0. The van der Waals surface area contributed by atoms with Crippen LogP contribution >= 0.6 is 0 Å². The predicted molar refractivity (Wildman–Crippen MR) is 143 cm³/mol. The van der Waals surface area contributed by atoms with Crippen LogP contribution < -0.4 is 9.64 Å². The normalized spacial score (nSPS) is 16.6. The number of pyridine rings is 1. The Labute approximate surface area is 221 Å². The first-order chi connectivity index (χ1) is 18.3. The molecule has 8 heteroatoms. The number of carbonyl (C=O) groups is 3. The van der Waals surface area contributed by atoms with Crippen molar-refractivity contribution in [2.24, 2.45) is 5.92 Å². The molecule has 2 heterocycles. The van der Waals surface area contributed by atoms with Crippen LogP contribution in [0.1, 0.15) is 54.7 Å². The van der Waals surface area contributed by atoms with Gasteiger partial charge in [0.25, 0.3) is 11.7 Å². The van der Waals surface area contributed by atoms with Crippen LogP contribution in [0.25, 0.3) is 5.76 Å². The Morgan fingerprint density at radius 2 is 1.71 bits per heavy atom. The molecule has 1 aromatic heterocycles. The summed E-state index contributed by atoms with van der Waals surface area (Å²) in [5, 5.41) is 11.3. The summed E-state index contributed by atoms with van der Waals surface area (Å²) in [7, 11) is 0. The summed E-state index contributed by atoms with van der Waals surface area (Å²) < 4.78 is 10.9. The molecule has 1 unspecified atom stereocenters. The van der Waals surface area contributed by atoms with Crippen molar-refractivity contribution in [1.82, 2.24) is 4.98 Å². The van der Waals surface area contributed by atoms with E-state index >= 15 is 0 Å². The summed E-state index contributed by atoms with van der Waals surface area (Å²) in [6.07, 6.45) is 3.99. The number of hydrogen-bond acceptors (Lipinski definition) is 7. The molecule has 0 spiro atoms. The van der Waals surface area contributed by atoms with Gasteiger partial charge in [0.2, 0.25) is 0 Å².